The predicted octanol–water partition coefficient (Wildman–Crippen LogP) is 2.04. The Morgan fingerprint density at radius 1 is 1.04 bits per heavy atom. The van der Waals surface area contributed by atoms with Crippen LogP contribution >= 0.6 is 12.4 Å². The Morgan fingerprint density at radius 2 is 1.78 bits per heavy atom. The van der Waals surface area contributed by atoms with E-state index >= 15 is 0 Å². The summed E-state index contributed by atoms with van der Waals surface area (Å²) in [5, 5.41) is 5.93. The van der Waals surface area contributed by atoms with E-state index in [9.17, 15) is 9.59 Å². The second-order valence-corrected chi connectivity index (χ2v) is 5.31. The quantitative estimate of drug-likeness (QED) is 0.504. The lowest BCUT2D eigenvalue weighted by atomic mass is 10.0. The van der Waals surface area contributed by atoms with Gasteiger partial charge in [0.15, 0.2) is 5.78 Å². The van der Waals surface area contributed by atoms with E-state index in [1.807, 2.05) is 32.0 Å². The van der Waals surface area contributed by atoms with Crippen molar-refractivity contribution in [3.8, 4) is 0 Å². The highest BCUT2D eigenvalue weighted by atomic mass is 35.5. The number of carbonyl (C=O) groups is 2. The summed E-state index contributed by atoms with van der Waals surface area (Å²) in [7, 11) is 1.65. The van der Waals surface area contributed by atoms with Gasteiger partial charge in [-0.15, -0.1) is 12.4 Å². The van der Waals surface area contributed by atoms with Crippen LogP contribution in [0.1, 0.15) is 34.3 Å². The summed E-state index contributed by atoms with van der Waals surface area (Å²) >= 11 is 0. The highest BCUT2D eigenvalue weighted by Crippen LogP contribution is 2.12. The number of nitrogens with one attached hydrogen (secondary N) is 2. The zero-order valence-corrected chi connectivity index (χ0v) is 14.9. The summed E-state index contributed by atoms with van der Waals surface area (Å²) in [4.78, 5) is 23.7. The van der Waals surface area contributed by atoms with Gasteiger partial charge >= 0.3 is 0 Å². The maximum absolute atomic E-state index is 12.1. The number of hydrogen-bond donors (Lipinski definition) is 2. The first kappa shape index (κ1) is 21.6. The van der Waals surface area contributed by atoms with Crippen LogP contribution in [0.2, 0.25) is 0 Å². The summed E-state index contributed by atoms with van der Waals surface area (Å²) in [6.45, 7) is 6.66. The number of hydrogen-bond acceptors (Lipinski definition) is 4. The molecule has 1 rings (SSSR count). The molecular formula is C17H27ClN2O3. The number of ether oxygens (including phenoxy) is 1. The van der Waals surface area contributed by atoms with Crippen molar-refractivity contribution in [2.24, 2.45) is 0 Å². The van der Waals surface area contributed by atoms with Crippen LogP contribution in [0.5, 0.6) is 0 Å². The minimum absolute atomic E-state index is 0. The molecule has 0 aliphatic rings. The van der Waals surface area contributed by atoms with Crippen molar-refractivity contribution in [3.63, 3.8) is 0 Å². The Kier molecular flexibility index (Phi) is 11.3. The van der Waals surface area contributed by atoms with Crippen molar-refractivity contribution in [3.05, 3.63) is 34.9 Å². The summed E-state index contributed by atoms with van der Waals surface area (Å²) in [5.74, 6) is -0.0813. The third kappa shape index (κ3) is 8.69. The molecule has 0 aliphatic carbocycles. The second kappa shape index (κ2) is 12.0. The molecule has 0 radical (unpaired) electrons. The first-order chi connectivity index (χ1) is 10.5. The molecule has 0 atom stereocenters. The monoisotopic (exact) mass is 342 g/mol. The molecule has 0 heterocycles. The lowest BCUT2D eigenvalue weighted by Crippen LogP contribution is -2.33. The van der Waals surface area contributed by atoms with Crippen molar-refractivity contribution < 1.29 is 14.3 Å². The van der Waals surface area contributed by atoms with Crippen molar-refractivity contribution >= 4 is 24.1 Å². The van der Waals surface area contributed by atoms with E-state index in [2.05, 4.69) is 10.6 Å². The second-order valence-electron chi connectivity index (χ2n) is 5.31. The number of halogens is 1. The van der Waals surface area contributed by atoms with Gasteiger partial charge in [0, 0.05) is 45.1 Å². The third-order valence-corrected chi connectivity index (χ3v) is 3.51. The van der Waals surface area contributed by atoms with E-state index in [-0.39, 0.29) is 36.9 Å². The van der Waals surface area contributed by atoms with E-state index in [1.165, 1.54) is 0 Å². The fourth-order valence-corrected chi connectivity index (χ4v) is 1.96. The fourth-order valence-electron chi connectivity index (χ4n) is 1.96. The largest absolute Gasteiger partial charge is 0.383 e. The molecule has 5 nitrogen and oxygen atoms in total. The van der Waals surface area contributed by atoms with Crippen LogP contribution in [0.15, 0.2) is 18.2 Å². The summed E-state index contributed by atoms with van der Waals surface area (Å²) in [6.07, 6.45) is 0.468. The molecule has 130 valence electrons. The smallest absolute Gasteiger partial charge is 0.220 e. The summed E-state index contributed by atoms with van der Waals surface area (Å²) in [5.41, 5.74) is 2.94. The first-order valence-corrected chi connectivity index (χ1v) is 7.61. The van der Waals surface area contributed by atoms with Gasteiger partial charge < -0.3 is 15.4 Å². The van der Waals surface area contributed by atoms with Gasteiger partial charge in [0.05, 0.1) is 6.61 Å². The van der Waals surface area contributed by atoms with E-state index in [0.717, 1.165) is 17.7 Å². The number of amides is 1. The third-order valence-electron chi connectivity index (χ3n) is 3.51. The standard InChI is InChI=1S/C17H26N2O3.ClH/c1-13-4-5-15(12-14(13)2)16(20)6-7-17(21)19-9-8-18-10-11-22-3;/h4-5,12,18H,6-11H2,1-3H3,(H,19,21);1H. The van der Waals surface area contributed by atoms with Crippen molar-refractivity contribution in [2.45, 2.75) is 26.7 Å². The average molecular weight is 343 g/mol. The minimum Gasteiger partial charge on any atom is -0.383 e. The topological polar surface area (TPSA) is 67.4 Å². The Morgan fingerprint density at radius 3 is 2.43 bits per heavy atom. The molecular weight excluding hydrogens is 316 g/mol. The molecule has 0 unspecified atom stereocenters. The maximum atomic E-state index is 12.1. The van der Waals surface area contributed by atoms with Crippen LogP contribution in [-0.4, -0.2) is 45.0 Å². The zero-order chi connectivity index (χ0) is 16.4. The minimum atomic E-state index is -0.0919. The number of carbonyl (C=O) groups excluding carboxylic acids is 2. The van der Waals surface area contributed by atoms with Crippen LogP contribution in [-0.2, 0) is 9.53 Å². The van der Waals surface area contributed by atoms with Crippen LogP contribution in [0.4, 0.5) is 0 Å². The zero-order valence-electron chi connectivity index (χ0n) is 14.1. The van der Waals surface area contributed by atoms with Gasteiger partial charge in [0.2, 0.25) is 5.91 Å². The molecule has 1 aromatic carbocycles. The first-order valence-electron chi connectivity index (χ1n) is 7.61. The van der Waals surface area contributed by atoms with Gasteiger partial charge in [-0.05, 0) is 31.0 Å². The van der Waals surface area contributed by atoms with Crippen molar-refractivity contribution in [2.75, 3.05) is 33.4 Å². The molecule has 6 heteroatoms. The van der Waals surface area contributed by atoms with E-state index in [1.54, 1.807) is 7.11 Å². The van der Waals surface area contributed by atoms with Crippen LogP contribution < -0.4 is 10.6 Å². The van der Waals surface area contributed by atoms with Crippen LogP contribution in [0.25, 0.3) is 0 Å². The van der Waals surface area contributed by atoms with Crippen LogP contribution in [0, 0.1) is 13.8 Å². The van der Waals surface area contributed by atoms with Crippen LogP contribution in [0.3, 0.4) is 0 Å². The van der Waals surface area contributed by atoms with E-state index in [0.29, 0.717) is 25.3 Å². The van der Waals surface area contributed by atoms with Gasteiger partial charge in [-0.2, -0.15) is 0 Å². The highest BCUT2D eigenvalue weighted by Gasteiger charge is 2.09. The molecule has 0 saturated heterocycles. The van der Waals surface area contributed by atoms with Gasteiger partial charge in [0.1, 0.15) is 0 Å². The molecule has 0 aliphatic heterocycles. The molecule has 0 aromatic heterocycles. The molecule has 0 bridgehead atoms. The number of aryl methyl sites for hydroxylation is 2. The Balaban J connectivity index is 0.00000484. The van der Waals surface area contributed by atoms with Gasteiger partial charge in [0.25, 0.3) is 0 Å². The van der Waals surface area contributed by atoms with Crippen molar-refractivity contribution in [1.82, 2.24) is 10.6 Å². The van der Waals surface area contributed by atoms with E-state index in [4.69, 9.17) is 4.74 Å². The number of methoxy groups -OCH3 is 1. The Labute approximate surface area is 144 Å². The number of ketones is 1. The van der Waals surface area contributed by atoms with Gasteiger partial charge in [-0.25, -0.2) is 0 Å². The Hall–Kier alpha value is -1.43. The SMILES string of the molecule is COCCNCCNC(=O)CCC(=O)c1ccc(C)c(C)c1.Cl. The number of rotatable bonds is 10. The lowest BCUT2D eigenvalue weighted by molar-refractivity contribution is -0.121. The molecule has 0 saturated carbocycles. The molecule has 0 spiro atoms. The maximum Gasteiger partial charge on any atom is 0.220 e. The van der Waals surface area contributed by atoms with Crippen molar-refractivity contribution in [1.29, 1.82) is 0 Å². The average Bonchev–Trinajstić information content (AvgIpc) is 2.51. The van der Waals surface area contributed by atoms with E-state index < -0.39 is 0 Å². The summed E-state index contributed by atoms with van der Waals surface area (Å²) in [6, 6.07) is 5.64. The Bertz CT molecular complexity index is 507. The number of Topliss-reactive ketones (excluding diaryl/α,β-unsaturated/α-hetero) is 1. The van der Waals surface area contributed by atoms with Gasteiger partial charge in [-0.1, -0.05) is 12.1 Å². The highest BCUT2D eigenvalue weighted by molar-refractivity contribution is 5.98. The molecule has 2 N–H and O–H groups in total. The lowest BCUT2D eigenvalue weighted by Gasteiger charge is -2.07. The fraction of sp³-hybridized carbons (Fsp3) is 0.529. The molecule has 0 fully saturated rings. The van der Waals surface area contributed by atoms with Gasteiger partial charge in [-0.3, -0.25) is 9.59 Å². The molecule has 1 amide bonds. The predicted molar refractivity (Wildman–Crippen MR) is 94.5 cm³/mol. The summed E-state index contributed by atoms with van der Waals surface area (Å²) < 4.78 is 4.90. The number of benzene rings is 1. The molecule has 23 heavy (non-hydrogen) atoms. The normalized spacial score (nSPS) is 10.0. The molecule has 1 aromatic rings.